The number of aromatic nitrogens is 2. The van der Waals surface area contributed by atoms with Crippen LogP contribution in [-0.2, 0) is 0 Å². The minimum Gasteiger partial charge on any atom is -0.399 e. The zero-order chi connectivity index (χ0) is 24.0. The summed E-state index contributed by atoms with van der Waals surface area (Å²) < 4.78 is 0. The summed E-state index contributed by atoms with van der Waals surface area (Å²) in [7, 11) is 0. The molecule has 2 aromatic carbocycles. The molecule has 5 nitrogen and oxygen atoms in total. The zero-order valence-corrected chi connectivity index (χ0v) is 21.5. The van der Waals surface area contributed by atoms with Gasteiger partial charge in [-0.05, 0) is 81.9 Å². The maximum atomic E-state index is 6.31. The van der Waals surface area contributed by atoms with Crippen molar-refractivity contribution in [2.75, 3.05) is 30.7 Å². The van der Waals surface area contributed by atoms with Crippen LogP contribution in [0.25, 0.3) is 23.1 Å². The Morgan fingerprint density at radius 3 is 2.39 bits per heavy atom. The standard InChI is InChI=1S/C25H30Cl3N5/c1-4-33(5-2)12-6-7-16(3)30-25-20-15-18(29)8-10-23(20)31-24(32-25)11-9-19-21(27)13-17(26)14-22(19)28/h8-11,13-16H,4-7,12,29H2,1-3H3,(H,30,31,32). The van der Waals surface area contributed by atoms with Gasteiger partial charge >= 0.3 is 0 Å². The molecule has 0 aliphatic carbocycles. The van der Waals surface area contributed by atoms with Crippen molar-refractivity contribution in [2.24, 2.45) is 0 Å². The fraction of sp³-hybridized carbons (Fsp3) is 0.360. The highest BCUT2D eigenvalue weighted by Crippen LogP contribution is 2.31. The van der Waals surface area contributed by atoms with Gasteiger partial charge in [-0.1, -0.05) is 48.7 Å². The van der Waals surface area contributed by atoms with Gasteiger partial charge < -0.3 is 16.0 Å². The predicted octanol–water partition coefficient (Wildman–Crippen LogP) is 7.27. The molecule has 1 aromatic heterocycles. The number of fused-ring (bicyclic) bond motifs is 1. The monoisotopic (exact) mass is 505 g/mol. The van der Waals surface area contributed by atoms with Gasteiger partial charge in [0.2, 0.25) is 0 Å². The second kappa shape index (κ2) is 11.9. The molecule has 33 heavy (non-hydrogen) atoms. The van der Waals surface area contributed by atoms with E-state index < -0.39 is 0 Å². The molecule has 0 saturated heterocycles. The highest BCUT2D eigenvalue weighted by atomic mass is 35.5. The summed E-state index contributed by atoms with van der Waals surface area (Å²) in [6.45, 7) is 9.80. The molecule has 0 radical (unpaired) electrons. The molecule has 1 heterocycles. The Kier molecular flexibility index (Phi) is 9.21. The molecule has 3 aromatic rings. The van der Waals surface area contributed by atoms with Crippen molar-refractivity contribution in [3.63, 3.8) is 0 Å². The molecule has 1 atom stereocenters. The largest absolute Gasteiger partial charge is 0.399 e. The number of hydrogen-bond acceptors (Lipinski definition) is 5. The normalized spacial score (nSPS) is 12.7. The van der Waals surface area contributed by atoms with Crippen LogP contribution in [0, 0.1) is 0 Å². The van der Waals surface area contributed by atoms with E-state index in [9.17, 15) is 0 Å². The molecule has 3 rings (SSSR count). The van der Waals surface area contributed by atoms with Crippen molar-refractivity contribution in [2.45, 2.75) is 39.7 Å². The Balaban J connectivity index is 1.86. The quantitative estimate of drug-likeness (QED) is 0.283. The second-order valence-electron chi connectivity index (χ2n) is 8.04. The number of rotatable bonds is 10. The first kappa shape index (κ1) is 25.6. The third kappa shape index (κ3) is 6.97. The number of benzene rings is 2. The van der Waals surface area contributed by atoms with Crippen molar-refractivity contribution < 1.29 is 0 Å². The number of nitrogens with one attached hydrogen (secondary N) is 1. The summed E-state index contributed by atoms with van der Waals surface area (Å²) >= 11 is 18.6. The first-order valence-electron chi connectivity index (χ1n) is 11.2. The van der Waals surface area contributed by atoms with Crippen LogP contribution in [0.5, 0.6) is 0 Å². The number of nitrogens with two attached hydrogens (primary N) is 1. The molecule has 0 amide bonds. The summed E-state index contributed by atoms with van der Waals surface area (Å²) in [5.41, 5.74) is 8.20. The highest BCUT2D eigenvalue weighted by Gasteiger charge is 2.12. The molecule has 1 unspecified atom stereocenters. The minimum atomic E-state index is 0.247. The lowest BCUT2D eigenvalue weighted by molar-refractivity contribution is 0.295. The number of hydrogen-bond donors (Lipinski definition) is 2. The van der Waals surface area contributed by atoms with E-state index in [2.05, 4.69) is 36.0 Å². The molecule has 0 saturated carbocycles. The summed E-state index contributed by atoms with van der Waals surface area (Å²) in [6.07, 6.45) is 5.75. The average molecular weight is 507 g/mol. The van der Waals surface area contributed by atoms with Gasteiger partial charge in [-0.2, -0.15) is 0 Å². The first-order valence-corrected chi connectivity index (χ1v) is 12.3. The molecule has 0 fully saturated rings. The third-order valence-corrected chi connectivity index (χ3v) is 6.41. The van der Waals surface area contributed by atoms with Gasteiger partial charge in [-0.25, -0.2) is 9.97 Å². The molecule has 0 aliphatic heterocycles. The Morgan fingerprint density at radius 2 is 1.73 bits per heavy atom. The molecule has 0 bridgehead atoms. The lowest BCUT2D eigenvalue weighted by atomic mass is 10.1. The van der Waals surface area contributed by atoms with Crippen LogP contribution in [-0.4, -0.2) is 40.5 Å². The van der Waals surface area contributed by atoms with Gasteiger partial charge in [-0.3, -0.25) is 0 Å². The van der Waals surface area contributed by atoms with Crippen LogP contribution in [0.4, 0.5) is 11.5 Å². The van der Waals surface area contributed by atoms with Crippen LogP contribution < -0.4 is 11.1 Å². The Morgan fingerprint density at radius 1 is 1.03 bits per heavy atom. The van der Waals surface area contributed by atoms with E-state index in [1.54, 1.807) is 24.3 Å². The van der Waals surface area contributed by atoms with Crippen molar-refractivity contribution >= 4 is 69.4 Å². The molecule has 0 spiro atoms. The van der Waals surface area contributed by atoms with Gasteiger partial charge in [0.15, 0.2) is 5.82 Å². The Labute approximate surface area is 210 Å². The molecule has 3 N–H and O–H groups in total. The van der Waals surface area contributed by atoms with Crippen LogP contribution in [0.2, 0.25) is 15.1 Å². The highest BCUT2D eigenvalue weighted by molar-refractivity contribution is 6.40. The molecular weight excluding hydrogens is 477 g/mol. The van der Waals surface area contributed by atoms with Gasteiger partial charge in [0.05, 0.1) is 15.6 Å². The Hall–Kier alpha value is -2.05. The lowest BCUT2D eigenvalue weighted by Gasteiger charge is -2.20. The number of nitrogens with zero attached hydrogens (tertiary/aromatic N) is 3. The smallest absolute Gasteiger partial charge is 0.154 e. The molecular formula is C25H30Cl3N5. The summed E-state index contributed by atoms with van der Waals surface area (Å²) in [5.74, 6) is 1.31. The van der Waals surface area contributed by atoms with Crippen molar-refractivity contribution in [1.29, 1.82) is 0 Å². The van der Waals surface area contributed by atoms with Crippen LogP contribution in [0.3, 0.4) is 0 Å². The fourth-order valence-corrected chi connectivity index (χ4v) is 4.63. The molecule has 8 heteroatoms. The molecule has 0 aliphatic rings. The Bertz CT molecular complexity index is 1110. The number of nitrogen functional groups attached to an aromatic ring is 1. The summed E-state index contributed by atoms with van der Waals surface area (Å²) in [4.78, 5) is 11.9. The van der Waals surface area contributed by atoms with E-state index in [0.717, 1.165) is 49.2 Å². The average Bonchev–Trinajstić information content (AvgIpc) is 2.76. The number of halogens is 3. The van der Waals surface area contributed by atoms with Crippen LogP contribution in [0.1, 0.15) is 45.0 Å². The topological polar surface area (TPSA) is 67.1 Å². The minimum absolute atomic E-state index is 0.247. The van der Waals surface area contributed by atoms with E-state index >= 15 is 0 Å². The molecule has 176 valence electrons. The van der Waals surface area contributed by atoms with Crippen LogP contribution in [0.15, 0.2) is 30.3 Å². The SMILES string of the molecule is CCN(CC)CCCC(C)Nc1nc(C=Cc2c(Cl)cc(Cl)cc2Cl)nc2ccc(N)cc12. The van der Waals surface area contributed by atoms with E-state index in [1.165, 1.54) is 0 Å². The van der Waals surface area contributed by atoms with Gasteiger partial charge in [-0.15, -0.1) is 0 Å². The van der Waals surface area contributed by atoms with E-state index in [1.807, 2.05) is 18.2 Å². The first-order chi connectivity index (χ1) is 15.8. The van der Waals surface area contributed by atoms with Gasteiger partial charge in [0.25, 0.3) is 0 Å². The van der Waals surface area contributed by atoms with Crippen LogP contribution >= 0.6 is 34.8 Å². The van der Waals surface area contributed by atoms with E-state index in [-0.39, 0.29) is 6.04 Å². The third-order valence-electron chi connectivity index (χ3n) is 5.57. The van der Waals surface area contributed by atoms with Gasteiger partial charge in [0.1, 0.15) is 5.82 Å². The zero-order valence-electron chi connectivity index (χ0n) is 19.2. The summed E-state index contributed by atoms with van der Waals surface area (Å²) in [6, 6.07) is 9.21. The van der Waals surface area contributed by atoms with E-state index in [4.69, 9.17) is 45.5 Å². The second-order valence-corrected chi connectivity index (χ2v) is 9.29. The maximum absolute atomic E-state index is 6.31. The van der Waals surface area contributed by atoms with Gasteiger partial charge in [0, 0.05) is 27.7 Å². The maximum Gasteiger partial charge on any atom is 0.154 e. The lowest BCUT2D eigenvalue weighted by Crippen LogP contribution is -2.25. The van der Waals surface area contributed by atoms with E-state index in [0.29, 0.717) is 32.1 Å². The van der Waals surface area contributed by atoms with Crippen molar-refractivity contribution in [3.8, 4) is 0 Å². The summed E-state index contributed by atoms with van der Waals surface area (Å²) in [5, 5.41) is 5.88. The number of anilines is 2. The van der Waals surface area contributed by atoms with Crippen molar-refractivity contribution in [3.05, 3.63) is 56.8 Å². The fourth-order valence-electron chi connectivity index (χ4n) is 3.69. The van der Waals surface area contributed by atoms with Crippen molar-refractivity contribution in [1.82, 2.24) is 14.9 Å². The predicted molar refractivity (Wildman–Crippen MR) is 144 cm³/mol.